The molecular weight excluding hydrogens is 230 g/mol. The minimum Gasteiger partial charge on any atom is -0.319 e. The van der Waals surface area contributed by atoms with Gasteiger partial charge in [-0.1, -0.05) is 13.8 Å². The van der Waals surface area contributed by atoms with Crippen LogP contribution < -0.4 is 5.32 Å². The normalized spacial score (nSPS) is 12.8. The Bertz CT molecular complexity index is 343. The van der Waals surface area contributed by atoms with E-state index in [2.05, 4.69) is 43.0 Å². The Hall–Kier alpha value is -0.610. The van der Waals surface area contributed by atoms with Crippen LogP contribution in [0.15, 0.2) is 0 Å². The largest absolute Gasteiger partial charge is 0.319 e. The summed E-state index contributed by atoms with van der Waals surface area (Å²) in [6.07, 6.45) is 0. The number of hydrogen-bond donors (Lipinski definition) is 1. The number of rotatable bonds is 6. The van der Waals surface area contributed by atoms with E-state index in [4.69, 9.17) is 0 Å². The van der Waals surface area contributed by atoms with Crippen LogP contribution >= 0.6 is 11.8 Å². The summed E-state index contributed by atoms with van der Waals surface area (Å²) in [4.78, 5) is 9.23. The SMILES string of the molecule is CCSCc1nc(C)c(C(C)CNC)c(C)n1. The Labute approximate surface area is 109 Å². The molecule has 0 saturated heterocycles. The second kappa shape index (κ2) is 6.97. The molecule has 1 aromatic heterocycles. The molecular formula is C13H23N3S. The molecule has 96 valence electrons. The third-order valence-corrected chi connectivity index (χ3v) is 3.68. The van der Waals surface area contributed by atoms with Crippen LogP contribution in [0.2, 0.25) is 0 Å². The lowest BCUT2D eigenvalue weighted by Gasteiger charge is -2.16. The average Bonchev–Trinajstić information content (AvgIpc) is 2.25. The van der Waals surface area contributed by atoms with Crippen molar-refractivity contribution >= 4 is 11.8 Å². The van der Waals surface area contributed by atoms with E-state index >= 15 is 0 Å². The van der Waals surface area contributed by atoms with Crippen molar-refractivity contribution in [1.29, 1.82) is 0 Å². The van der Waals surface area contributed by atoms with E-state index in [1.54, 1.807) is 0 Å². The zero-order valence-electron chi connectivity index (χ0n) is 11.5. The van der Waals surface area contributed by atoms with E-state index in [1.807, 2.05) is 18.8 Å². The molecule has 0 bridgehead atoms. The van der Waals surface area contributed by atoms with Crippen molar-refractivity contribution in [2.75, 3.05) is 19.3 Å². The van der Waals surface area contributed by atoms with Gasteiger partial charge in [0.15, 0.2) is 0 Å². The predicted molar refractivity (Wildman–Crippen MR) is 75.7 cm³/mol. The molecule has 0 amide bonds. The molecule has 1 N–H and O–H groups in total. The number of nitrogens with one attached hydrogen (secondary N) is 1. The minimum atomic E-state index is 0.466. The number of likely N-dealkylation sites (N-methyl/N-ethyl adjacent to an activating group) is 1. The van der Waals surface area contributed by atoms with Gasteiger partial charge in [0.2, 0.25) is 0 Å². The Morgan fingerprint density at radius 3 is 2.29 bits per heavy atom. The molecule has 0 aliphatic heterocycles. The lowest BCUT2D eigenvalue weighted by atomic mass is 9.98. The molecule has 1 heterocycles. The van der Waals surface area contributed by atoms with Crippen LogP contribution in [0.4, 0.5) is 0 Å². The topological polar surface area (TPSA) is 37.8 Å². The van der Waals surface area contributed by atoms with Gasteiger partial charge in [0.25, 0.3) is 0 Å². The van der Waals surface area contributed by atoms with E-state index in [9.17, 15) is 0 Å². The quantitative estimate of drug-likeness (QED) is 0.846. The summed E-state index contributed by atoms with van der Waals surface area (Å²) in [6, 6.07) is 0. The van der Waals surface area contributed by atoms with Crippen molar-refractivity contribution in [2.24, 2.45) is 0 Å². The van der Waals surface area contributed by atoms with Crippen molar-refractivity contribution in [3.63, 3.8) is 0 Å². The van der Waals surface area contributed by atoms with Gasteiger partial charge in [0.05, 0.1) is 5.75 Å². The van der Waals surface area contributed by atoms with E-state index in [-0.39, 0.29) is 0 Å². The van der Waals surface area contributed by atoms with Gasteiger partial charge in [-0.05, 0) is 38.1 Å². The number of aryl methyl sites for hydroxylation is 2. The summed E-state index contributed by atoms with van der Waals surface area (Å²) >= 11 is 1.87. The fraction of sp³-hybridized carbons (Fsp3) is 0.692. The van der Waals surface area contributed by atoms with Gasteiger partial charge in [0, 0.05) is 17.9 Å². The lowest BCUT2D eigenvalue weighted by molar-refractivity contribution is 0.660. The minimum absolute atomic E-state index is 0.466. The van der Waals surface area contributed by atoms with Crippen molar-refractivity contribution in [3.8, 4) is 0 Å². The number of thioether (sulfide) groups is 1. The standard InChI is InChI=1S/C13H23N3S/c1-6-17-8-12-15-10(3)13(11(4)16-12)9(2)7-14-5/h9,14H,6-8H2,1-5H3. The van der Waals surface area contributed by atoms with Crippen molar-refractivity contribution < 1.29 is 0 Å². The van der Waals surface area contributed by atoms with Gasteiger partial charge in [-0.2, -0.15) is 11.8 Å². The van der Waals surface area contributed by atoms with Gasteiger partial charge >= 0.3 is 0 Å². The average molecular weight is 253 g/mol. The van der Waals surface area contributed by atoms with E-state index in [0.717, 1.165) is 35.3 Å². The molecule has 4 heteroatoms. The van der Waals surface area contributed by atoms with Crippen LogP contribution in [-0.4, -0.2) is 29.3 Å². The van der Waals surface area contributed by atoms with Crippen molar-refractivity contribution in [2.45, 2.75) is 39.4 Å². The van der Waals surface area contributed by atoms with Crippen molar-refractivity contribution in [3.05, 3.63) is 22.8 Å². The summed E-state index contributed by atoms with van der Waals surface area (Å²) in [5, 5.41) is 3.21. The summed E-state index contributed by atoms with van der Waals surface area (Å²) in [5.41, 5.74) is 3.56. The van der Waals surface area contributed by atoms with Gasteiger partial charge in [0.1, 0.15) is 5.82 Å². The molecule has 0 aromatic carbocycles. The van der Waals surface area contributed by atoms with E-state index in [0.29, 0.717) is 5.92 Å². The Balaban J connectivity index is 2.93. The number of hydrogen-bond acceptors (Lipinski definition) is 4. The molecule has 3 nitrogen and oxygen atoms in total. The van der Waals surface area contributed by atoms with E-state index < -0.39 is 0 Å². The molecule has 0 radical (unpaired) electrons. The molecule has 17 heavy (non-hydrogen) atoms. The van der Waals surface area contributed by atoms with Crippen LogP contribution in [-0.2, 0) is 5.75 Å². The van der Waals surface area contributed by atoms with E-state index in [1.165, 1.54) is 5.56 Å². The molecule has 0 aliphatic carbocycles. The smallest absolute Gasteiger partial charge is 0.138 e. The first kappa shape index (κ1) is 14.5. The second-order valence-corrected chi connectivity index (χ2v) is 5.59. The van der Waals surface area contributed by atoms with Crippen LogP contribution in [0.25, 0.3) is 0 Å². The summed E-state index contributed by atoms with van der Waals surface area (Å²) in [6.45, 7) is 9.53. The maximum absolute atomic E-state index is 4.62. The highest BCUT2D eigenvalue weighted by Crippen LogP contribution is 2.21. The van der Waals surface area contributed by atoms with Crippen LogP contribution in [0.3, 0.4) is 0 Å². The monoisotopic (exact) mass is 253 g/mol. The van der Waals surface area contributed by atoms with Gasteiger partial charge in [-0.3, -0.25) is 0 Å². The molecule has 0 saturated carbocycles. The van der Waals surface area contributed by atoms with Crippen LogP contribution in [0.1, 0.15) is 42.5 Å². The highest BCUT2D eigenvalue weighted by molar-refractivity contribution is 7.98. The summed E-state index contributed by atoms with van der Waals surface area (Å²) in [5.74, 6) is 3.46. The number of aromatic nitrogens is 2. The lowest BCUT2D eigenvalue weighted by Crippen LogP contribution is -2.18. The first-order valence-electron chi connectivity index (χ1n) is 6.16. The first-order valence-corrected chi connectivity index (χ1v) is 7.31. The summed E-state index contributed by atoms with van der Waals surface area (Å²) in [7, 11) is 1.98. The fourth-order valence-electron chi connectivity index (χ4n) is 2.17. The maximum atomic E-state index is 4.62. The molecule has 0 aliphatic rings. The molecule has 1 rings (SSSR count). The van der Waals surface area contributed by atoms with Crippen molar-refractivity contribution in [1.82, 2.24) is 15.3 Å². The van der Waals surface area contributed by atoms with Gasteiger partial charge in [-0.25, -0.2) is 9.97 Å². The number of nitrogens with zero attached hydrogens (tertiary/aromatic N) is 2. The highest BCUT2D eigenvalue weighted by atomic mass is 32.2. The summed E-state index contributed by atoms with van der Waals surface area (Å²) < 4.78 is 0. The molecule has 0 spiro atoms. The Kier molecular flexibility index (Phi) is 5.92. The molecule has 1 atom stereocenters. The zero-order chi connectivity index (χ0) is 12.8. The van der Waals surface area contributed by atoms with Gasteiger partial charge < -0.3 is 5.32 Å². The fourth-order valence-corrected chi connectivity index (χ4v) is 2.69. The second-order valence-electron chi connectivity index (χ2n) is 4.32. The molecule has 1 aromatic rings. The van der Waals surface area contributed by atoms with Crippen LogP contribution in [0.5, 0.6) is 0 Å². The third-order valence-electron chi connectivity index (χ3n) is 2.81. The van der Waals surface area contributed by atoms with Crippen LogP contribution in [0, 0.1) is 13.8 Å². The third kappa shape index (κ3) is 3.96. The Morgan fingerprint density at radius 2 is 1.82 bits per heavy atom. The molecule has 1 unspecified atom stereocenters. The molecule has 0 fully saturated rings. The predicted octanol–water partition coefficient (Wildman–Crippen LogP) is 2.67. The zero-order valence-corrected chi connectivity index (χ0v) is 12.3. The highest BCUT2D eigenvalue weighted by Gasteiger charge is 2.14. The Morgan fingerprint density at radius 1 is 1.24 bits per heavy atom. The maximum Gasteiger partial charge on any atom is 0.138 e. The first-order chi connectivity index (χ1) is 8.10. The van der Waals surface area contributed by atoms with Gasteiger partial charge in [-0.15, -0.1) is 0 Å².